The summed E-state index contributed by atoms with van der Waals surface area (Å²) in [5.41, 5.74) is 5.39. The molecule has 1 aliphatic heterocycles. The van der Waals surface area contributed by atoms with Gasteiger partial charge >= 0.3 is 0 Å². The van der Waals surface area contributed by atoms with Gasteiger partial charge in [-0.3, -0.25) is 9.69 Å². The number of piperidine rings is 1. The summed E-state index contributed by atoms with van der Waals surface area (Å²) in [6, 6.07) is 14.2. The van der Waals surface area contributed by atoms with Crippen LogP contribution >= 0.6 is 0 Å². The molecule has 1 aromatic heterocycles. The zero-order valence-electron chi connectivity index (χ0n) is 18.5. The molecule has 1 saturated heterocycles. The lowest BCUT2D eigenvalue weighted by Crippen LogP contribution is -2.40. The first kappa shape index (κ1) is 21.2. The SMILES string of the molecule is CCc1cccc(C)c1NC(=O)C1CCCN(Cc2nc(-c3ccc(C)cc3)no2)C1. The number of amides is 1. The number of anilines is 1. The van der Waals surface area contributed by atoms with Gasteiger partial charge in [0, 0.05) is 17.8 Å². The summed E-state index contributed by atoms with van der Waals surface area (Å²) in [5.74, 6) is 1.24. The molecule has 1 amide bonds. The number of aromatic nitrogens is 2. The van der Waals surface area contributed by atoms with Crippen LogP contribution in [0.25, 0.3) is 11.4 Å². The molecule has 1 atom stereocenters. The minimum absolute atomic E-state index is 0.0439. The Balaban J connectivity index is 1.39. The lowest BCUT2D eigenvalue weighted by atomic mass is 9.96. The predicted molar refractivity (Wildman–Crippen MR) is 122 cm³/mol. The normalized spacial score (nSPS) is 16.9. The van der Waals surface area contributed by atoms with Gasteiger partial charge in [-0.15, -0.1) is 0 Å². The maximum Gasteiger partial charge on any atom is 0.241 e. The van der Waals surface area contributed by atoms with Gasteiger partial charge in [0.1, 0.15) is 0 Å². The molecule has 2 aromatic carbocycles. The number of nitrogens with one attached hydrogen (secondary N) is 1. The molecular formula is C25H30N4O2. The van der Waals surface area contributed by atoms with Crippen molar-refractivity contribution in [2.24, 2.45) is 5.92 Å². The molecule has 31 heavy (non-hydrogen) atoms. The topological polar surface area (TPSA) is 71.3 Å². The summed E-state index contributed by atoms with van der Waals surface area (Å²) in [5, 5.41) is 7.33. The van der Waals surface area contributed by atoms with Gasteiger partial charge in [0.2, 0.25) is 17.6 Å². The van der Waals surface area contributed by atoms with Crippen molar-refractivity contribution in [3.8, 4) is 11.4 Å². The van der Waals surface area contributed by atoms with Crippen LogP contribution in [-0.2, 0) is 17.8 Å². The van der Waals surface area contributed by atoms with E-state index < -0.39 is 0 Å². The average molecular weight is 419 g/mol. The Bertz CT molecular complexity index is 1040. The van der Waals surface area contributed by atoms with Crippen molar-refractivity contribution in [2.45, 2.75) is 46.6 Å². The van der Waals surface area contributed by atoms with E-state index in [4.69, 9.17) is 4.52 Å². The highest BCUT2D eigenvalue weighted by molar-refractivity contribution is 5.94. The monoisotopic (exact) mass is 418 g/mol. The quantitative estimate of drug-likeness (QED) is 0.625. The lowest BCUT2D eigenvalue weighted by Gasteiger charge is -2.31. The molecule has 2 heterocycles. The second-order valence-electron chi connectivity index (χ2n) is 8.40. The number of carbonyl (C=O) groups excluding carboxylic acids is 1. The van der Waals surface area contributed by atoms with Crippen molar-refractivity contribution < 1.29 is 9.32 Å². The maximum absolute atomic E-state index is 13.0. The van der Waals surface area contributed by atoms with Crippen molar-refractivity contribution in [3.05, 3.63) is 65.0 Å². The smallest absolute Gasteiger partial charge is 0.241 e. The molecule has 6 nitrogen and oxygen atoms in total. The molecule has 0 spiro atoms. The molecule has 0 radical (unpaired) electrons. The molecule has 1 aliphatic rings. The third kappa shape index (κ3) is 5.02. The first-order chi connectivity index (χ1) is 15.0. The van der Waals surface area contributed by atoms with Gasteiger partial charge in [-0.05, 0) is 50.8 Å². The van der Waals surface area contributed by atoms with Crippen LogP contribution in [0.5, 0.6) is 0 Å². The van der Waals surface area contributed by atoms with E-state index in [0.29, 0.717) is 24.8 Å². The lowest BCUT2D eigenvalue weighted by molar-refractivity contribution is -0.121. The molecule has 0 saturated carbocycles. The second-order valence-corrected chi connectivity index (χ2v) is 8.40. The second kappa shape index (κ2) is 9.43. The van der Waals surface area contributed by atoms with Gasteiger partial charge in [0.05, 0.1) is 12.5 Å². The van der Waals surface area contributed by atoms with E-state index in [2.05, 4.69) is 40.3 Å². The highest BCUT2D eigenvalue weighted by Crippen LogP contribution is 2.25. The number of rotatable bonds is 6. The Hall–Kier alpha value is -2.99. The van der Waals surface area contributed by atoms with Crippen LogP contribution in [0.3, 0.4) is 0 Å². The van der Waals surface area contributed by atoms with Gasteiger partial charge in [-0.25, -0.2) is 0 Å². The summed E-state index contributed by atoms with van der Waals surface area (Å²) in [6.45, 7) is 8.40. The van der Waals surface area contributed by atoms with Crippen LogP contribution in [0.2, 0.25) is 0 Å². The van der Waals surface area contributed by atoms with E-state index in [1.807, 2.05) is 43.3 Å². The molecule has 0 aliphatic carbocycles. The van der Waals surface area contributed by atoms with Crippen molar-refractivity contribution in [1.82, 2.24) is 15.0 Å². The molecular weight excluding hydrogens is 388 g/mol. The number of likely N-dealkylation sites (tertiary alicyclic amines) is 1. The summed E-state index contributed by atoms with van der Waals surface area (Å²) in [4.78, 5) is 19.8. The molecule has 1 N–H and O–H groups in total. The molecule has 162 valence electrons. The Morgan fingerprint density at radius 3 is 2.77 bits per heavy atom. The highest BCUT2D eigenvalue weighted by Gasteiger charge is 2.27. The highest BCUT2D eigenvalue weighted by atomic mass is 16.5. The van der Waals surface area contributed by atoms with Crippen LogP contribution in [0.4, 0.5) is 5.69 Å². The summed E-state index contributed by atoms with van der Waals surface area (Å²) >= 11 is 0. The Kier molecular flexibility index (Phi) is 6.47. The number of nitrogens with zero attached hydrogens (tertiary/aromatic N) is 3. The van der Waals surface area contributed by atoms with E-state index in [1.165, 1.54) is 11.1 Å². The van der Waals surface area contributed by atoms with Crippen LogP contribution < -0.4 is 5.32 Å². The fourth-order valence-electron chi connectivity index (χ4n) is 4.17. The molecule has 0 bridgehead atoms. The zero-order chi connectivity index (χ0) is 21.8. The van der Waals surface area contributed by atoms with E-state index in [-0.39, 0.29) is 11.8 Å². The fourth-order valence-corrected chi connectivity index (χ4v) is 4.17. The minimum atomic E-state index is -0.0439. The molecule has 1 fully saturated rings. The van der Waals surface area contributed by atoms with Gasteiger partial charge in [-0.1, -0.05) is 60.1 Å². The van der Waals surface area contributed by atoms with E-state index in [0.717, 1.165) is 42.6 Å². The van der Waals surface area contributed by atoms with Gasteiger partial charge in [0.25, 0.3) is 0 Å². The predicted octanol–water partition coefficient (Wildman–Crippen LogP) is 4.77. The largest absolute Gasteiger partial charge is 0.338 e. The van der Waals surface area contributed by atoms with Crippen LogP contribution in [0.1, 0.15) is 42.3 Å². The van der Waals surface area contributed by atoms with Crippen molar-refractivity contribution >= 4 is 11.6 Å². The van der Waals surface area contributed by atoms with Crippen molar-refractivity contribution in [2.75, 3.05) is 18.4 Å². The number of hydrogen-bond donors (Lipinski definition) is 1. The number of hydrogen-bond acceptors (Lipinski definition) is 5. The maximum atomic E-state index is 13.0. The average Bonchev–Trinajstić information content (AvgIpc) is 3.24. The minimum Gasteiger partial charge on any atom is -0.338 e. The Morgan fingerprint density at radius 1 is 1.19 bits per heavy atom. The Labute approximate surface area is 183 Å². The van der Waals surface area contributed by atoms with E-state index in [1.54, 1.807) is 0 Å². The summed E-state index contributed by atoms with van der Waals surface area (Å²) in [6.07, 6.45) is 2.77. The standard InChI is InChI=1S/C25H30N4O2/c1-4-19-8-5-7-18(3)23(19)27-25(30)21-9-6-14-29(15-21)16-22-26-24(28-31-22)20-12-10-17(2)11-13-20/h5,7-8,10-13,21H,4,6,9,14-16H2,1-3H3,(H,27,30). The number of carbonyl (C=O) groups is 1. The molecule has 6 heteroatoms. The van der Waals surface area contributed by atoms with Crippen molar-refractivity contribution in [1.29, 1.82) is 0 Å². The Morgan fingerprint density at radius 2 is 2.00 bits per heavy atom. The first-order valence-corrected chi connectivity index (χ1v) is 11.0. The number of para-hydroxylation sites is 1. The molecule has 3 aromatic rings. The van der Waals surface area contributed by atoms with Gasteiger partial charge in [-0.2, -0.15) is 4.98 Å². The van der Waals surface area contributed by atoms with Crippen LogP contribution in [0, 0.1) is 19.8 Å². The third-order valence-electron chi connectivity index (χ3n) is 6.00. The first-order valence-electron chi connectivity index (χ1n) is 11.0. The number of benzene rings is 2. The third-order valence-corrected chi connectivity index (χ3v) is 6.00. The number of aryl methyl sites for hydroxylation is 3. The summed E-state index contributed by atoms with van der Waals surface area (Å²) < 4.78 is 5.49. The zero-order valence-corrected chi connectivity index (χ0v) is 18.5. The molecule has 4 rings (SSSR count). The fraction of sp³-hybridized carbons (Fsp3) is 0.400. The van der Waals surface area contributed by atoms with E-state index in [9.17, 15) is 4.79 Å². The van der Waals surface area contributed by atoms with Gasteiger partial charge in [0.15, 0.2) is 0 Å². The van der Waals surface area contributed by atoms with Crippen LogP contribution in [-0.4, -0.2) is 34.0 Å². The van der Waals surface area contributed by atoms with Crippen LogP contribution in [0.15, 0.2) is 47.0 Å². The van der Waals surface area contributed by atoms with Crippen molar-refractivity contribution in [3.63, 3.8) is 0 Å². The molecule has 1 unspecified atom stereocenters. The van der Waals surface area contributed by atoms with Gasteiger partial charge < -0.3 is 9.84 Å². The van der Waals surface area contributed by atoms with E-state index >= 15 is 0 Å². The summed E-state index contributed by atoms with van der Waals surface area (Å²) in [7, 11) is 0.